The minimum atomic E-state index is -0.138. The zero-order valence-corrected chi connectivity index (χ0v) is 18.7. The van der Waals surface area contributed by atoms with Crippen LogP contribution in [0, 0.1) is 0 Å². The van der Waals surface area contributed by atoms with Crippen LogP contribution in [0.25, 0.3) is 10.9 Å². The second-order valence-electron chi connectivity index (χ2n) is 8.22. The highest BCUT2D eigenvalue weighted by molar-refractivity contribution is 5.91. The smallest absolute Gasteiger partial charge is 0.279 e. The van der Waals surface area contributed by atoms with Gasteiger partial charge in [0.2, 0.25) is 0 Å². The van der Waals surface area contributed by atoms with Gasteiger partial charge in [0.15, 0.2) is 12.4 Å². The first-order chi connectivity index (χ1) is 15.0. The second kappa shape index (κ2) is 10.9. The van der Waals surface area contributed by atoms with Crippen LogP contribution in [0.4, 0.5) is 5.69 Å². The Morgan fingerprint density at radius 1 is 1.13 bits per heavy atom. The highest BCUT2D eigenvalue weighted by atomic mass is 16.2. The van der Waals surface area contributed by atoms with Gasteiger partial charge in [-0.15, -0.1) is 0 Å². The Bertz CT molecular complexity index is 1060. The molecule has 0 bridgehead atoms. The highest BCUT2D eigenvalue weighted by Crippen LogP contribution is 2.20. The van der Waals surface area contributed by atoms with Gasteiger partial charge in [0.1, 0.15) is 6.54 Å². The molecule has 2 atom stereocenters. The molecule has 1 unspecified atom stereocenters. The largest absolute Gasteiger partial charge is 0.321 e. The second-order valence-corrected chi connectivity index (χ2v) is 8.22. The molecule has 1 heterocycles. The van der Waals surface area contributed by atoms with Crippen molar-refractivity contribution in [2.45, 2.75) is 52.5 Å². The van der Waals surface area contributed by atoms with E-state index in [0.717, 1.165) is 36.4 Å². The molecule has 0 aliphatic rings. The molecule has 0 fully saturated rings. The molecule has 0 spiro atoms. The van der Waals surface area contributed by atoms with E-state index in [-0.39, 0.29) is 11.5 Å². The maximum absolute atomic E-state index is 12.7. The Morgan fingerprint density at radius 3 is 2.58 bits per heavy atom. The van der Waals surface area contributed by atoms with E-state index in [4.69, 9.17) is 0 Å². The third kappa shape index (κ3) is 6.25. The number of nitrogens with zero attached hydrogens (tertiary/aromatic N) is 1. The van der Waals surface area contributed by atoms with E-state index >= 15 is 0 Å². The molecule has 3 N–H and O–H groups in total. The minimum absolute atomic E-state index is 0.0365. The molecule has 0 aliphatic heterocycles. The van der Waals surface area contributed by atoms with E-state index in [2.05, 4.69) is 48.2 Å². The van der Waals surface area contributed by atoms with E-state index in [0.29, 0.717) is 35.7 Å². The third-order valence-corrected chi connectivity index (χ3v) is 5.75. The first kappa shape index (κ1) is 22.7. The van der Waals surface area contributed by atoms with Crippen LogP contribution in [0.2, 0.25) is 0 Å². The lowest BCUT2D eigenvalue weighted by atomic mass is 9.99. The quantitative estimate of drug-likeness (QED) is 0.470. The number of quaternary nitrogens is 1. The lowest BCUT2D eigenvalue weighted by Gasteiger charge is -2.19. The summed E-state index contributed by atoms with van der Waals surface area (Å²) in [6.07, 6.45) is 3.14. The number of amides is 1. The summed E-state index contributed by atoms with van der Waals surface area (Å²) in [5.74, 6) is 1.08. The summed E-state index contributed by atoms with van der Waals surface area (Å²) >= 11 is 0. The van der Waals surface area contributed by atoms with Crippen LogP contribution in [0.15, 0.2) is 53.3 Å². The first-order valence-corrected chi connectivity index (χ1v) is 11.2. The summed E-state index contributed by atoms with van der Waals surface area (Å²) in [7, 11) is 0. The number of carbonyl (C=O) groups is 1. The SMILES string of the molecule is CCCC[NH+](CC(=O)Nc1ccc([C@H](C)CC)cc1)Cc1nc2ccccc2c(=O)[nH]1. The minimum Gasteiger partial charge on any atom is -0.321 e. The van der Waals surface area contributed by atoms with Gasteiger partial charge in [-0.1, -0.05) is 51.5 Å². The molecule has 0 radical (unpaired) electrons. The number of aromatic amines is 1. The van der Waals surface area contributed by atoms with Gasteiger partial charge in [-0.2, -0.15) is 0 Å². The number of H-pyrrole nitrogens is 1. The molecule has 3 aromatic rings. The van der Waals surface area contributed by atoms with Gasteiger partial charge in [-0.3, -0.25) is 9.59 Å². The zero-order chi connectivity index (χ0) is 22.2. The van der Waals surface area contributed by atoms with Crippen molar-refractivity contribution in [2.75, 3.05) is 18.4 Å². The summed E-state index contributed by atoms with van der Waals surface area (Å²) in [6, 6.07) is 15.4. The fourth-order valence-electron chi connectivity index (χ4n) is 3.68. The van der Waals surface area contributed by atoms with Gasteiger partial charge >= 0.3 is 0 Å². The Kier molecular flexibility index (Phi) is 7.95. The predicted molar refractivity (Wildman–Crippen MR) is 125 cm³/mol. The van der Waals surface area contributed by atoms with Crippen molar-refractivity contribution in [3.8, 4) is 0 Å². The molecule has 0 saturated carbocycles. The first-order valence-electron chi connectivity index (χ1n) is 11.2. The molecule has 3 rings (SSSR count). The number of rotatable bonds is 10. The Hall–Kier alpha value is -2.99. The van der Waals surface area contributed by atoms with Crippen molar-refractivity contribution in [3.05, 3.63) is 70.3 Å². The highest BCUT2D eigenvalue weighted by Gasteiger charge is 2.17. The number of para-hydroxylation sites is 1. The van der Waals surface area contributed by atoms with Gasteiger partial charge in [-0.05, 0) is 48.6 Å². The van der Waals surface area contributed by atoms with Crippen molar-refractivity contribution in [2.24, 2.45) is 0 Å². The van der Waals surface area contributed by atoms with E-state index < -0.39 is 0 Å². The average Bonchev–Trinajstić information content (AvgIpc) is 2.77. The molecule has 0 aliphatic carbocycles. The standard InChI is InChI=1S/C25H32N4O2/c1-4-6-15-29(16-23-27-22-10-8-7-9-21(22)25(31)28-23)17-24(30)26-20-13-11-19(12-14-20)18(3)5-2/h7-14,18H,4-6,15-17H2,1-3H3,(H,26,30)(H,27,28,31)/p+1/t18-/m1/s1. The monoisotopic (exact) mass is 421 g/mol. The van der Waals surface area contributed by atoms with Gasteiger partial charge < -0.3 is 15.2 Å². The Morgan fingerprint density at radius 2 is 1.87 bits per heavy atom. The van der Waals surface area contributed by atoms with Crippen LogP contribution in [-0.4, -0.2) is 29.0 Å². The van der Waals surface area contributed by atoms with Crippen molar-refractivity contribution >= 4 is 22.5 Å². The number of aromatic nitrogens is 2. The lowest BCUT2D eigenvalue weighted by Crippen LogP contribution is -3.12. The number of carbonyl (C=O) groups excluding carboxylic acids is 1. The van der Waals surface area contributed by atoms with E-state index in [9.17, 15) is 9.59 Å². The van der Waals surface area contributed by atoms with Crippen LogP contribution < -0.4 is 15.8 Å². The number of unbranched alkanes of at least 4 members (excludes halogenated alkanes) is 1. The molecule has 0 saturated heterocycles. The molecular formula is C25H33N4O2+. The molecule has 2 aromatic carbocycles. The Balaban J connectivity index is 1.68. The summed E-state index contributed by atoms with van der Waals surface area (Å²) in [6.45, 7) is 8.17. The van der Waals surface area contributed by atoms with Crippen molar-refractivity contribution in [1.82, 2.24) is 9.97 Å². The van der Waals surface area contributed by atoms with Gasteiger partial charge in [-0.25, -0.2) is 4.98 Å². The van der Waals surface area contributed by atoms with Crippen molar-refractivity contribution in [3.63, 3.8) is 0 Å². The van der Waals surface area contributed by atoms with Crippen LogP contribution >= 0.6 is 0 Å². The van der Waals surface area contributed by atoms with Crippen LogP contribution in [0.1, 0.15) is 57.3 Å². The summed E-state index contributed by atoms with van der Waals surface area (Å²) in [5, 5.41) is 3.59. The number of hydrogen-bond donors (Lipinski definition) is 3. The summed E-state index contributed by atoms with van der Waals surface area (Å²) in [5.41, 5.74) is 2.63. The van der Waals surface area contributed by atoms with Crippen LogP contribution in [0.5, 0.6) is 0 Å². The van der Waals surface area contributed by atoms with Gasteiger partial charge in [0.25, 0.3) is 11.5 Å². The van der Waals surface area contributed by atoms with Crippen molar-refractivity contribution < 1.29 is 9.69 Å². The number of nitrogens with one attached hydrogen (secondary N) is 3. The van der Waals surface area contributed by atoms with Gasteiger partial charge in [0, 0.05) is 5.69 Å². The average molecular weight is 422 g/mol. The number of benzene rings is 2. The van der Waals surface area contributed by atoms with Gasteiger partial charge in [0.05, 0.1) is 17.4 Å². The molecule has 1 aromatic heterocycles. The molecule has 1 amide bonds. The zero-order valence-electron chi connectivity index (χ0n) is 18.7. The van der Waals surface area contributed by atoms with E-state index in [1.165, 1.54) is 5.56 Å². The van der Waals surface area contributed by atoms with E-state index in [1.54, 1.807) is 6.07 Å². The fourth-order valence-corrected chi connectivity index (χ4v) is 3.68. The molecule has 31 heavy (non-hydrogen) atoms. The Labute approximate surface area is 183 Å². The lowest BCUT2D eigenvalue weighted by molar-refractivity contribution is -0.906. The summed E-state index contributed by atoms with van der Waals surface area (Å²) in [4.78, 5) is 33.6. The number of anilines is 1. The molecule has 6 heteroatoms. The van der Waals surface area contributed by atoms with Crippen LogP contribution in [0.3, 0.4) is 0 Å². The predicted octanol–water partition coefficient (Wildman–Crippen LogP) is 3.26. The molecular weight excluding hydrogens is 388 g/mol. The fraction of sp³-hybridized carbons (Fsp3) is 0.400. The molecule has 164 valence electrons. The van der Waals surface area contributed by atoms with Crippen LogP contribution in [-0.2, 0) is 11.3 Å². The summed E-state index contributed by atoms with van der Waals surface area (Å²) < 4.78 is 0. The number of hydrogen-bond acceptors (Lipinski definition) is 3. The maximum Gasteiger partial charge on any atom is 0.279 e. The number of fused-ring (bicyclic) bond motifs is 1. The van der Waals surface area contributed by atoms with E-state index in [1.807, 2.05) is 30.3 Å². The maximum atomic E-state index is 12.7. The normalized spacial score (nSPS) is 13.1. The molecule has 6 nitrogen and oxygen atoms in total. The van der Waals surface area contributed by atoms with Crippen molar-refractivity contribution in [1.29, 1.82) is 0 Å². The topological polar surface area (TPSA) is 79.3 Å². The third-order valence-electron chi connectivity index (χ3n) is 5.75.